The van der Waals surface area contributed by atoms with Crippen molar-refractivity contribution in [1.29, 1.82) is 5.26 Å². The molecule has 14 heavy (non-hydrogen) atoms. The van der Waals surface area contributed by atoms with Gasteiger partial charge in [-0.15, -0.1) is 0 Å². The smallest absolute Gasteiger partial charge is 0.0843 e. The Hall–Kier alpha value is -0.550. The highest BCUT2D eigenvalue weighted by atomic mass is 15.0. The van der Waals surface area contributed by atoms with E-state index in [1.807, 2.05) is 0 Å². The van der Waals surface area contributed by atoms with Gasteiger partial charge >= 0.3 is 0 Å². The minimum Gasteiger partial charge on any atom is -0.301 e. The molecule has 3 unspecified atom stereocenters. The van der Waals surface area contributed by atoms with Crippen molar-refractivity contribution >= 4 is 0 Å². The highest BCUT2D eigenvalue weighted by molar-refractivity contribution is 5.13. The Bertz CT molecular complexity index is 277. The lowest BCUT2D eigenvalue weighted by atomic mass is 9.69. The summed E-state index contributed by atoms with van der Waals surface area (Å²) < 4.78 is 0. The third-order valence-electron chi connectivity index (χ3n) is 5.22. The molecule has 0 amide bonds. The van der Waals surface area contributed by atoms with Crippen molar-refractivity contribution in [2.45, 2.75) is 46.1 Å². The van der Waals surface area contributed by atoms with Gasteiger partial charge in [0.2, 0.25) is 0 Å². The molecule has 0 aromatic heterocycles. The molecule has 2 aliphatic rings. The van der Waals surface area contributed by atoms with E-state index in [0.29, 0.717) is 23.4 Å². The quantitative estimate of drug-likeness (QED) is 0.681. The van der Waals surface area contributed by atoms with Crippen LogP contribution in [0, 0.1) is 28.1 Å². The zero-order chi connectivity index (χ0) is 10.4. The van der Waals surface area contributed by atoms with Gasteiger partial charge < -0.3 is 5.32 Å². The number of rotatable bonds is 2. The number of fused-ring (bicyclic) bond motifs is 2. The number of hydrogen-bond acceptors (Lipinski definition) is 2. The first-order chi connectivity index (χ1) is 6.52. The van der Waals surface area contributed by atoms with E-state index in [0.717, 1.165) is 5.92 Å². The van der Waals surface area contributed by atoms with Crippen LogP contribution in [-0.2, 0) is 0 Å². The Morgan fingerprint density at radius 1 is 1.43 bits per heavy atom. The fraction of sp³-hybridized carbons (Fsp3) is 0.917. The maximum Gasteiger partial charge on any atom is 0.0843 e. The van der Waals surface area contributed by atoms with E-state index < -0.39 is 0 Å². The van der Waals surface area contributed by atoms with E-state index in [-0.39, 0.29) is 0 Å². The van der Waals surface area contributed by atoms with Crippen LogP contribution in [0.2, 0.25) is 0 Å². The summed E-state index contributed by atoms with van der Waals surface area (Å²) in [7, 11) is 0. The van der Waals surface area contributed by atoms with Gasteiger partial charge in [-0.25, -0.2) is 0 Å². The highest BCUT2D eigenvalue weighted by Gasteiger charge is 2.60. The number of nitrogens with one attached hydrogen (secondary N) is 1. The first-order valence-corrected chi connectivity index (χ1v) is 5.63. The van der Waals surface area contributed by atoms with Crippen LogP contribution < -0.4 is 5.32 Å². The molecule has 2 saturated carbocycles. The van der Waals surface area contributed by atoms with E-state index in [2.05, 4.69) is 32.2 Å². The van der Waals surface area contributed by atoms with E-state index in [1.165, 1.54) is 19.3 Å². The fourth-order valence-corrected chi connectivity index (χ4v) is 3.68. The standard InChI is InChI=1S/C12H20N2/c1-11(2)9-4-5-12(11,3)10(8-9)14-7-6-13/h9-10,14H,4-5,7-8H2,1-3H3. The molecule has 0 radical (unpaired) electrons. The first kappa shape index (κ1) is 9.98. The highest BCUT2D eigenvalue weighted by Crippen LogP contribution is 2.65. The molecule has 0 aromatic carbocycles. The Morgan fingerprint density at radius 2 is 2.14 bits per heavy atom. The van der Waals surface area contributed by atoms with E-state index in [9.17, 15) is 0 Å². The average Bonchev–Trinajstić information content (AvgIpc) is 2.46. The normalized spacial score (nSPS) is 43.9. The summed E-state index contributed by atoms with van der Waals surface area (Å²) in [5.74, 6) is 0.865. The summed E-state index contributed by atoms with van der Waals surface area (Å²) in [6.07, 6.45) is 3.98. The summed E-state index contributed by atoms with van der Waals surface area (Å²) in [4.78, 5) is 0. The van der Waals surface area contributed by atoms with Gasteiger partial charge in [-0.05, 0) is 36.0 Å². The Morgan fingerprint density at radius 3 is 2.57 bits per heavy atom. The molecule has 0 heterocycles. The molecule has 0 saturated heterocycles. The Labute approximate surface area is 86.7 Å². The molecule has 2 rings (SSSR count). The van der Waals surface area contributed by atoms with Crippen LogP contribution in [0.1, 0.15) is 40.0 Å². The molecule has 2 bridgehead atoms. The molecular weight excluding hydrogens is 172 g/mol. The lowest BCUT2D eigenvalue weighted by Crippen LogP contribution is -2.44. The first-order valence-electron chi connectivity index (χ1n) is 5.63. The van der Waals surface area contributed by atoms with Crippen molar-refractivity contribution in [2.75, 3.05) is 6.54 Å². The molecule has 2 aliphatic carbocycles. The van der Waals surface area contributed by atoms with E-state index >= 15 is 0 Å². The number of nitriles is 1. The molecule has 0 aliphatic heterocycles. The molecular formula is C12H20N2. The predicted molar refractivity (Wildman–Crippen MR) is 56.6 cm³/mol. The van der Waals surface area contributed by atoms with Gasteiger partial charge in [-0.3, -0.25) is 0 Å². The van der Waals surface area contributed by atoms with Crippen molar-refractivity contribution < 1.29 is 0 Å². The van der Waals surface area contributed by atoms with Crippen molar-refractivity contribution in [1.82, 2.24) is 5.32 Å². The predicted octanol–water partition coefficient (Wildman–Crippen LogP) is 2.31. The Balaban J connectivity index is 2.15. The van der Waals surface area contributed by atoms with Gasteiger partial charge in [-0.1, -0.05) is 20.8 Å². The minimum atomic E-state index is 0.411. The van der Waals surface area contributed by atoms with Crippen LogP contribution in [0.25, 0.3) is 0 Å². The summed E-state index contributed by atoms with van der Waals surface area (Å²) in [6.45, 7) is 7.70. The van der Waals surface area contributed by atoms with E-state index in [1.54, 1.807) is 0 Å². The van der Waals surface area contributed by atoms with Gasteiger partial charge in [-0.2, -0.15) is 5.26 Å². The zero-order valence-corrected chi connectivity index (χ0v) is 9.43. The van der Waals surface area contributed by atoms with Crippen LogP contribution in [-0.4, -0.2) is 12.6 Å². The van der Waals surface area contributed by atoms with Gasteiger partial charge in [0.1, 0.15) is 0 Å². The van der Waals surface area contributed by atoms with Crippen LogP contribution in [0.15, 0.2) is 0 Å². The Kier molecular flexibility index (Phi) is 2.12. The molecule has 0 aromatic rings. The van der Waals surface area contributed by atoms with Crippen LogP contribution in [0.3, 0.4) is 0 Å². The van der Waals surface area contributed by atoms with Crippen molar-refractivity contribution in [3.8, 4) is 6.07 Å². The number of nitrogens with zero attached hydrogens (tertiary/aromatic N) is 1. The van der Waals surface area contributed by atoms with Crippen molar-refractivity contribution in [3.05, 3.63) is 0 Å². The largest absolute Gasteiger partial charge is 0.301 e. The molecule has 3 atom stereocenters. The van der Waals surface area contributed by atoms with Crippen molar-refractivity contribution in [2.24, 2.45) is 16.7 Å². The van der Waals surface area contributed by atoms with E-state index in [4.69, 9.17) is 5.26 Å². The third-order valence-corrected chi connectivity index (χ3v) is 5.22. The summed E-state index contributed by atoms with van der Waals surface area (Å²) in [5.41, 5.74) is 0.870. The summed E-state index contributed by atoms with van der Waals surface area (Å²) in [5, 5.41) is 12.0. The van der Waals surface area contributed by atoms with Gasteiger partial charge in [0.25, 0.3) is 0 Å². The molecule has 78 valence electrons. The van der Waals surface area contributed by atoms with Gasteiger partial charge in [0, 0.05) is 6.04 Å². The summed E-state index contributed by atoms with van der Waals surface area (Å²) in [6, 6.07) is 2.75. The third kappa shape index (κ3) is 1.05. The maximum atomic E-state index is 8.60. The molecule has 2 heteroatoms. The number of hydrogen-bond donors (Lipinski definition) is 1. The molecule has 2 nitrogen and oxygen atoms in total. The average molecular weight is 192 g/mol. The fourth-order valence-electron chi connectivity index (χ4n) is 3.68. The topological polar surface area (TPSA) is 35.8 Å². The summed E-state index contributed by atoms with van der Waals surface area (Å²) >= 11 is 0. The molecule has 0 spiro atoms. The minimum absolute atomic E-state index is 0.411. The van der Waals surface area contributed by atoms with Crippen LogP contribution in [0.4, 0.5) is 0 Å². The second-order valence-electron chi connectivity index (χ2n) is 5.70. The zero-order valence-electron chi connectivity index (χ0n) is 9.43. The lowest BCUT2D eigenvalue weighted by Gasteiger charge is -2.39. The van der Waals surface area contributed by atoms with Crippen molar-refractivity contribution in [3.63, 3.8) is 0 Å². The SMILES string of the molecule is CC1(C)C2CCC1(C)C(NCC#N)C2. The van der Waals surface area contributed by atoms with Crippen LogP contribution >= 0.6 is 0 Å². The second-order valence-corrected chi connectivity index (χ2v) is 5.70. The monoisotopic (exact) mass is 192 g/mol. The van der Waals surface area contributed by atoms with Gasteiger partial charge in [0.15, 0.2) is 0 Å². The lowest BCUT2D eigenvalue weighted by molar-refractivity contribution is 0.123. The molecule has 2 fully saturated rings. The molecule has 1 N–H and O–H groups in total. The van der Waals surface area contributed by atoms with Gasteiger partial charge in [0.05, 0.1) is 12.6 Å². The maximum absolute atomic E-state index is 8.60. The van der Waals surface area contributed by atoms with Crippen LogP contribution in [0.5, 0.6) is 0 Å². The second kappa shape index (κ2) is 2.97.